The van der Waals surface area contributed by atoms with Crippen molar-refractivity contribution >= 4 is 33.9 Å². The Bertz CT molecular complexity index is 296. The third kappa shape index (κ3) is 2.48. The summed E-state index contributed by atoms with van der Waals surface area (Å²) in [5.74, 6) is 0.508. The quantitative estimate of drug-likeness (QED) is 0.850. The predicted molar refractivity (Wildman–Crippen MR) is 67.5 cm³/mol. The molecule has 0 radical (unpaired) electrons. The molecule has 2 atom stereocenters. The van der Waals surface area contributed by atoms with Crippen LogP contribution in [0.4, 0.5) is 0 Å². The Morgan fingerprint density at radius 3 is 3.07 bits per heavy atom. The summed E-state index contributed by atoms with van der Waals surface area (Å²) in [6, 6.07) is 2.35. The van der Waals surface area contributed by atoms with Gasteiger partial charge in [-0.25, -0.2) is 0 Å². The van der Waals surface area contributed by atoms with Gasteiger partial charge in [0.15, 0.2) is 0 Å². The summed E-state index contributed by atoms with van der Waals surface area (Å²) in [6.07, 6.45) is 2.35. The van der Waals surface area contributed by atoms with Crippen molar-refractivity contribution in [2.45, 2.75) is 18.9 Å². The molecule has 1 aromatic rings. The monoisotopic (exact) mass is 323 g/mol. The zero-order valence-corrected chi connectivity index (χ0v) is 10.9. The normalized spacial score (nSPS) is 24.9. The molecular weight excluding hydrogens is 309 g/mol. The molecule has 1 aliphatic heterocycles. The molecule has 0 saturated carbocycles. The summed E-state index contributed by atoms with van der Waals surface area (Å²) in [5.41, 5.74) is 7.48. The summed E-state index contributed by atoms with van der Waals surface area (Å²) in [6.45, 7) is 1.73. The second-order valence-electron chi connectivity index (χ2n) is 3.69. The van der Waals surface area contributed by atoms with E-state index in [9.17, 15) is 0 Å². The van der Waals surface area contributed by atoms with Gasteiger partial charge in [-0.05, 0) is 52.4 Å². The molecule has 14 heavy (non-hydrogen) atoms. The van der Waals surface area contributed by atoms with E-state index in [0.29, 0.717) is 5.92 Å². The Balaban J connectivity index is 2.03. The first kappa shape index (κ1) is 10.9. The first-order valence-corrected chi connectivity index (χ1v) is 6.80. The van der Waals surface area contributed by atoms with Gasteiger partial charge in [-0.1, -0.05) is 0 Å². The molecule has 1 fully saturated rings. The first-order valence-electron chi connectivity index (χ1n) is 4.84. The fourth-order valence-electron chi connectivity index (χ4n) is 1.82. The van der Waals surface area contributed by atoms with E-state index in [0.717, 1.165) is 19.6 Å². The molecule has 4 heteroatoms. The first-order chi connectivity index (χ1) is 6.77. The number of thiophene rings is 1. The van der Waals surface area contributed by atoms with Crippen LogP contribution in [0.5, 0.6) is 0 Å². The summed E-state index contributed by atoms with van der Waals surface area (Å²) in [5, 5.41) is 2.17. The molecular formula is C10H14INOS. The van der Waals surface area contributed by atoms with Gasteiger partial charge < -0.3 is 10.5 Å². The van der Waals surface area contributed by atoms with Gasteiger partial charge in [0, 0.05) is 18.6 Å². The van der Waals surface area contributed by atoms with Crippen molar-refractivity contribution in [3.63, 3.8) is 0 Å². The van der Waals surface area contributed by atoms with Gasteiger partial charge >= 0.3 is 0 Å². The van der Waals surface area contributed by atoms with Crippen LogP contribution in [-0.2, 0) is 4.74 Å². The molecule has 0 bridgehead atoms. The van der Waals surface area contributed by atoms with Crippen molar-refractivity contribution < 1.29 is 4.74 Å². The van der Waals surface area contributed by atoms with Crippen LogP contribution in [0.15, 0.2) is 11.4 Å². The topological polar surface area (TPSA) is 35.2 Å². The average molecular weight is 323 g/mol. The number of hydrogen-bond acceptors (Lipinski definition) is 3. The van der Waals surface area contributed by atoms with E-state index in [1.807, 2.05) is 0 Å². The molecule has 0 aromatic carbocycles. The van der Waals surface area contributed by atoms with Gasteiger partial charge in [0.05, 0.1) is 9.49 Å². The van der Waals surface area contributed by atoms with Crippen LogP contribution in [-0.4, -0.2) is 13.2 Å². The van der Waals surface area contributed by atoms with Crippen molar-refractivity contribution in [3.8, 4) is 0 Å². The van der Waals surface area contributed by atoms with E-state index in [2.05, 4.69) is 34.0 Å². The maximum atomic E-state index is 6.21. The largest absolute Gasteiger partial charge is 0.381 e. The van der Waals surface area contributed by atoms with E-state index in [-0.39, 0.29) is 6.04 Å². The Labute approximate surface area is 102 Å². The van der Waals surface area contributed by atoms with Crippen LogP contribution < -0.4 is 5.73 Å². The van der Waals surface area contributed by atoms with Crippen molar-refractivity contribution in [1.29, 1.82) is 0 Å². The Hall–Kier alpha value is 0.350. The van der Waals surface area contributed by atoms with E-state index in [4.69, 9.17) is 10.5 Å². The number of rotatable bonds is 2. The van der Waals surface area contributed by atoms with Gasteiger partial charge in [0.1, 0.15) is 0 Å². The van der Waals surface area contributed by atoms with Crippen molar-refractivity contribution in [2.24, 2.45) is 11.7 Å². The molecule has 2 nitrogen and oxygen atoms in total. The maximum Gasteiger partial charge on any atom is 0.0656 e. The molecule has 1 saturated heterocycles. The lowest BCUT2D eigenvalue weighted by Gasteiger charge is -2.27. The fraction of sp³-hybridized carbons (Fsp3) is 0.600. The van der Waals surface area contributed by atoms with E-state index < -0.39 is 0 Å². The smallest absolute Gasteiger partial charge is 0.0656 e. The lowest BCUT2D eigenvalue weighted by atomic mass is 9.91. The summed E-state index contributed by atoms with van der Waals surface area (Å²) >= 11 is 4.10. The summed E-state index contributed by atoms with van der Waals surface area (Å²) in [7, 11) is 0. The van der Waals surface area contributed by atoms with Crippen LogP contribution in [0, 0.1) is 8.80 Å². The highest BCUT2D eigenvalue weighted by Gasteiger charge is 2.22. The lowest BCUT2D eigenvalue weighted by molar-refractivity contribution is 0.0448. The van der Waals surface area contributed by atoms with Gasteiger partial charge in [-0.3, -0.25) is 0 Å². The third-order valence-electron chi connectivity index (χ3n) is 2.68. The van der Waals surface area contributed by atoms with E-state index in [1.165, 1.54) is 14.9 Å². The number of hydrogen-bond donors (Lipinski definition) is 1. The van der Waals surface area contributed by atoms with Gasteiger partial charge in [-0.2, -0.15) is 0 Å². The molecule has 78 valence electrons. The van der Waals surface area contributed by atoms with Gasteiger partial charge in [-0.15, -0.1) is 11.3 Å². The average Bonchev–Trinajstić information content (AvgIpc) is 2.65. The minimum atomic E-state index is 0.162. The van der Waals surface area contributed by atoms with Crippen molar-refractivity contribution in [1.82, 2.24) is 0 Å². The minimum absolute atomic E-state index is 0.162. The highest BCUT2D eigenvalue weighted by molar-refractivity contribution is 14.1. The molecule has 1 aromatic heterocycles. The third-order valence-corrected chi connectivity index (χ3v) is 4.48. The molecule has 2 rings (SSSR count). The Morgan fingerprint density at radius 2 is 2.50 bits per heavy atom. The molecule has 2 unspecified atom stereocenters. The van der Waals surface area contributed by atoms with Crippen molar-refractivity contribution in [3.05, 3.63) is 19.9 Å². The molecule has 2 N–H and O–H groups in total. The number of ether oxygens (including phenoxy) is 1. The molecule has 2 heterocycles. The van der Waals surface area contributed by atoms with Crippen LogP contribution >= 0.6 is 33.9 Å². The highest BCUT2D eigenvalue weighted by atomic mass is 127. The fourth-order valence-corrected chi connectivity index (χ4v) is 3.24. The summed E-state index contributed by atoms with van der Waals surface area (Å²) < 4.78 is 6.76. The maximum absolute atomic E-state index is 6.21. The second-order valence-corrected chi connectivity index (χ2v) is 6.49. The van der Waals surface area contributed by atoms with Gasteiger partial charge in [0.25, 0.3) is 0 Å². The molecule has 0 amide bonds. The van der Waals surface area contributed by atoms with E-state index in [1.54, 1.807) is 11.3 Å². The van der Waals surface area contributed by atoms with Crippen LogP contribution in [0.1, 0.15) is 24.4 Å². The predicted octanol–water partition coefficient (Wildman–Crippen LogP) is 2.78. The number of halogens is 1. The Morgan fingerprint density at radius 1 is 1.64 bits per heavy atom. The van der Waals surface area contributed by atoms with Crippen LogP contribution in [0.3, 0.4) is 0 Å². The van der Waals surface area contributed by atoms with Crippen LogP contribution in [0.25, 0.3) is 0 Å². The lowest BCUT2D eigenvalue weighted by Crippen LogP contribution is -2.28. The molecule has 0 spiro atoms. The van der Waals surface area contributed by atoms with E-state index >= 15 is 0 Å². The highest BCUT2D eigenvalue weighted by Crippen LogP contribution is 2.29. The SMILES string of the molecule is NC(c1csc(I)c1)C1CCCOC1. The summed E-state index contributed by atoms with van der Waals surface area (Å²) in [4.78, 5) is 0. The number of nitrogens with two attached hydrogens (primary N) is 1. The van der Waals surface area contributed by atoms with Gasteiger partial charge in [0.2, 0.25) is 0 Å². The molecule has 0 aliphatic carbocycles. The zero-order valence-electron chi connectivity index (χ0n) is 7.91. The Kier molecular flexibility index (Phi) is 3.81. The molecule has 1 aliphatic rings. The van der Waals surface area contributed by atoms with Crippen molar-refractivity contribution in [2.75, 3.05) is 13.2 Å². The standard InChI is InChI=1S/C10H14INOS/c11-9-4-8(6-14-9)10(12)7-2-1-3-13-5-7/h4,6-7,10H,1-3,5,12H2. The zero-order chi connectivity index (χ0) is 9.97. The van der Waals surface area contributed by atoms with Crippen LogP contribution in [0.2, 0.25) is 0 Å². The second kappa shape index (κ2) is 4.92. The minimum Gasteiger partial charge on any atom is -0.381 e.